The largest absolute Gasteiger partial charge is 0.465 e. The van der Waals surface area contributed by atoms with E-state index in [1.165, 1.54) is 29.8 Å². The van der Waals surface area contributed by atoms with Gasteiger partial charge in [-0.2, -0.15) is 0 Å². The number of methoxy groups -OCH3 is 1. The summed E-state index contributed by atoms with van der Waals surface area (Å²) >= 11 is 8.59. The van der Waals surface area contributed by atoms with E-state index in [-0.39, 0.29) is 18.3 Å². The van der Waals surface area contributed by atoms with E-state index in [0.717, 1.165) is 16.1 Å². The van der Waals surface area contributed by atoms with Crippen molar-refractivity contribution in [1.29, 1.82) is 0 Å². The number of nitrogens with zero attached hydrogens (tertiary/aromatic N) is 1. The van der Waals surface area contributed by atoms with Crippen molar-refractivity contribution >= 4 is 51.3 Å². The highest BCUT2D eigenvalue weighted by molar-refractivity contribution is 7.16. The highest BCUT2D eigenvalue weighted by atomic mass is 35.5. The Labute approximate surface area is 157 Å². The summed E-state index contributed by atoms with van der Waals surface area (Å²) in [7, 11) is 1.34. The molecule has 5 nitrogen and oxygen atoms in total. The number of aromatic nitrogens is 1. The van der Waals surface area contributed by atoms with E-state index >= 15 is 0 Å². The SMILES string of the molecule is COC(=O)c1ccc(-c2csc(NC(=O)Cc3ccc(Cl)s3)n2)cc1. The monoisotopic (exact) mass is 392 g/mol. The molecule has 25 heavy (non-hydrogen) atoms. The molecule has 2 aromatic heterocycles. The molecular formula is C17H13ClN2O3S2. The standard InChI is InChI=1S/C17H13ClN2O3S2/c1-23-16(22)11-4-2-10(3-5-11)13-9-24-17(19-13)20-15(21)8-12-6-7-14(18)25-12/h2-7,9H,8H2,1H3,(H,19,20,21). The maximum atomic E-state index is 12.1. The maximum absolute atomic E-state index is 12.1. The molecule has 0 aliphatic rings. The van der Waals surface area contributed by atoms with Crippen molar-refractivity contribution in [2.45, 2.75) is 6.42 Å². The minimum absolute atomic E-state index is 0.138. The molecule has 2 heterocycles. The van der Waals surface area contributed by atoms with E-state index in [4.69, 9.17) is 11.6 Å². The first-order chi connectivity index (χ1) is 12.0. The fourth-order valence-corrected chi connectivity index (χ4v) is 3.95. The van der Waals surface area contributed by atoms with Gasteiger partial charge in [0.2, 0.25) is 5.91 Å². The lowest BCUT2D eigenvalue weighted by atomic mass is 10.1. The van der Waals surface area contributed by atoms with Crippen LogP contribution in [-0.2, 0) is 16.0 Å². The smallest absolute Gasteiger partial charge is 0.337 e. The Morgan fingerprint density at radius 1 is 1.20 bits per heavy atom. The van der Waals surface area contributed by atoms with Crippen molar-refractivity contribution in [3.63, 3.8) is 0 Å². The fraction of sp³-hybridized carbons (Fsp3) is 0.118. The topological polar surface area (TPSA) is 68.3 Å². The maximum Gasteiger partial charge on any atom is 0.337 e. The molecule has 0 atom stereocenters. The zero-order valence-electron chi connectivity index (χ0n) is 13.1. The molecule has 0 aliphatic carbocycles. The van der Waals surface area contributed by atoms with Crippen LogP contribution in [0.25, 0.3) is 11.3 Å². The van der Waals surface area contributed by atoms with Crippen LogP contribution in [-0.4, -0.2) is 24.0 Å². The number of rotatable bonds is 5. The third-order valence-corrected chi connectivity index (χ3v) is 5.30. The van der Waals surface area contributed by atoms with Gasteiger partial charge in [0.15, 0.2) is 5.13 Å². The quantitative estimate of drug-likeness (QED) is 0.649. The first kappa shape index (κ1) is 17.6. The zero-order chi connectivity index (χ0) is 17.8. The Bertz CT molecular complexity index is 903. The molecule has 3 aromatic rings. The molecule has 0 unspecified atom stereocenters. The highest BCUT2D eigenvalue weighted by Gasteiger charge is 2.11. The van der Waals surface area contributed by atoms with Crippen LogP contribution >= 0.6 is 34.3 Å². The molecule has 0 fully saturated rings. The van der Waals surface area contributed by atoms with Gasteiger partial charge >= 0.3 is 5.97 Å². The molecule has 1 N–H and O–H groups in total. The van der Waals surface area contributed by atoms with Crippen LogP contribution < -0.4 is 5.32 Å². The summed E-state index contributed by atoms with van der Waals surface area (Å²) in [4.78, 5) is 28.8. The van der Waals surface area contributed by atoms with Gasteiger partial charge in [-0.25, -0.2) is 9.78 Å². The number of halogens is 1. The second kappa shape index (κ2) is 7.77. The first-order valence-electron chi connectivity index (χ1n) is 7.23. The van der Waals surface area contributed by atoms with Gasteiger partial charge < -0.3 is 10.1 Å². The van der Waals surface area contributed by atoms with Crippen LogP contribution in [0, 0.1) is 0 Å². The summed E-state index contributed by atoms with van der Waals surface area (Å²) in [6.45, 7) is 0. The Morgan fingerprint density at radius 2 is 1.96 bits per heavy atom. The lowest BCUT2D eigenvalue weighted by molar-refractivity contribution is -0.115. The summed E-state index contributed by atoms with van der Waals surface area (Å²) in [5.74, 6) is -0.521. The second-order valence-electron chi connectivity index (χ2n) is 5.04. The molecule has 8 heteroatoms. The molecule has 0 saturated heterocycles. The lowest BCUT2D eigenvalue weighted by Gasteiger charge is -2.01. The van der Waals surface area contributed by atoms with Gasteiger partial charge in [0.05, 0.1) is 29.1 Å². The Hall–Kier alpha value is -2.22. The third-order valence-electron chi connectivity index (χ3n) is 3.32. The summed E-state index contributed by atoms with van der Waals surface area (Å²) in [5.41, 5.74) is 2.06. The Balaban J connectivity index is 1.65. The van der Waals surface area contributed by atoms with Crippen LogP contribution in [0.1, 0.15) is 15.2 Å². The first-order valence-corrected chi connectivity index (χ1v) is 9.31. The van der Waals surface area contributed by atoms with E-state index in [9.17, 15) is 9.59 Å². The number of amides is 1. The Morgan fingerprint density at radius 3 is 2.60 bits per heavy atom. The van der Waals surface area contributed by atoms with Gasteiger partial charge in [-0.3, -0.25) is 4.79 Å². The summed E-state index contributed by atoms with van der Waals surface area (Å²) in [6.07, 6.45) is 0.264. The van der Waals surface area contributed by atoms with Crippen LogP contribution in [0.5, 0.6) is 0 Å². The lowest BCUT2D eigenvalue weighted by Crippen LogP contribution is -2.13. The number of thiophene rings is 1. The van der Waals surface area contributed by atoms with Crippen molar-refractivity contribution in [3.8, 4) is 11.3 Å². The number of nitrogens with one attached hydrogen (secondary N) is 1. The normalized spacial score (nSPS) is 10.5. The van der Waals surface area contributed by atoms with E-state index in [1.807, 2.05) is 11.4 Å². The predicted octanol–water partition coefficient (Wildman–Crippen LogP) is 4.49. The highest BCUT2D eigenvalue weighted by Crippen LogP contribution is 2.26. The minimum Gasteiger partial charge on any atom is -0.465 e. The van der Waals surface area contributed by atoms with Crippen LogP contribution in [0.4, 0.5) is 5.13 Å². The van der Waals surface area contributed by atoms with Crippen molar-refractivity contribution in [2.24, 2.45) is 0 Å². The van der Waals surface area contributed by atoms with Crippen LogP contribution in [0.15, 0.2) is 41.8 Å². The van der Waals surface area contributed by atoms with E-state index < -0.39 is 0 Å². The van der Waals surface area contributed by atoms with Gasteiger partial charge in [0.25, 0.3) is 0 Å². The molecule has 1 aromatic carbocycles. The van der Waals surface area contributed by atoms with E-state index in [2.05, 4.69) is 15.0 Å². The number of anilines is 1. The molecule has 0 aliphatic heterocycles. The minimum atomic E-state index is -0.383. The number of ether oxygens (including phenoxy) is 1. The van der Waals surface area contributed by atoms with Crippen molar-refractivity contribution in [1.82, 2.24) is 4.98 Å². The molecule has 3 rings (SSSR count). The van der Waals surface area contributed by atoms with Gasteiger partial charge in [-0.05, 0) is 24.3 Å². The summed E-state index contributed by atoms with van der Waals surface area (Å²) in [5, 5.41) is 5.17. The van der Waals surface area contributed by atoms with Gasteiger partial charge in [-0.15, -0.1) is 22.7 Å². The van der Waals surface area contributed by atoms with Crippen LogP contribution in [0.3, 0.4) is 0 Å². The third kappa shape index (κ3) is 4.45. The molecule has 0 radical (unpaired) electrons. The molecule has 0 spiro atoms. The number of carbonyl (C=O) groups excluding carboxylic acids is 2. The van der Waals surface area contributed by atoms with Gasteiger partial charge in [-0.1, -0.05) is 23.7 Å². The van der Waals surface area contributed by atoms with Crippen molar-refractivity contribution < 1.29 is 14.3 Å². The predicted molar refractivity (Wildman–Crippen MR) is 101 cm³/mol. The molecule has 128 valence electrons. The number of carbonyl (C=O) groups is 2. The number of thiazole rings is 1. The molecule has 0 saturated carbocycles. The number of hydrogen-bond donors (Lipinski definition) is 1. The van der Waals surface area contributed by atoms with E-state index in [1.54, 1.807) is 30.3 Å². The van der Waals surface area contributed by atoms with Gasteiger partial charge in [0.1, 0.15) is 0 Å². The van der Waals surface area contributed by atoms with E-state index in [0.29, 0.717) is 15.0 Å². The average molecular weight is 393 g/mol. The van der Waals surface area contributed by atoms with Crippen molar-refractivity contribution in [3.05, 3.63) is 56.6 Å². The second-order valence-corrected chi connectivity index (χ2v) is 7.70. The van der Waals surface area contributed by atoms with Crippen molar-refractivity contribution in [2.75, 3.05) is 12.4 Å². The summed E-state index contributed by atoms with van der Waals surface area (Å²) < 4.78 is 5.33. The zero-order valence-corrected chi connectivity index (χ0v) is 15.5. The van der Waals surface area contributed by atoms with Gasteiger partial charge in [0, 0.05) is 15.8 Å². The molecular weight excluding hydrogens is 380 g/mol. The number of esters is 1. The Kier molecular flexibility index (Phi) is 5.47. The fourth-order valence-electron chi connectivity index (χ4n) is 2.13. The number of hydrogen-bond acceptors (Lipinski definition) is 6. The summed E-state index contributed by atoms with van der Waals surface area (Å²) in [6, 6.07) is 10.6. The van der Waals surface area contributed by atoms with Crippen LogP contribution in [0.2, 0.25) is 4.34 Å². The average Bonchev–Trinajstić information content (AvgIpc) is 3.23. The number of benzene rings is 1. The molecule has 0 bridgehead atoms. The molecule has 1 amide bonds.